The van der Waals surface area contributed by atoms with E-state index in [2.05, 4.69) is 16.0 Å². The molecule has 0 unspecified atom stereocenters. The lowest BCUT2D eigenvalue weighted by Crippen LogP contribution is -1.87. The summed E-state index contributed by atoms with van der Waals surface area (Å²) in [5.74, 6) is 0.827. The van der Waals surface area contributed by atoms with Crippen molar-refractivity contribution in [3.8, 4) is 5.75 Å². The number of methoxy groups -OCH3 is 1. The number of hydrogen-bond acceptors (Lipinski definition) is 3. The molecule has 3 heteroatoms. The normalized spacial score (nSPS) is 11.1. The molecule has 0 bridgehead atoms. The summed E-state index contributed by atoms with van der Waals surface area (Å²) < 4.78 is 5.12. The average molecular weight is 262 g/mol. The molecule has 0 radical (unpaired) electrons. The van der Waals surface area contributed by atoms with Gasteiger partial charge in [0.1, 0.15) is 5.75 Å². The molecular formula is C17H14N2O. The predicted octanol–water partition coefficient (Wildman–Crippen LogP) is 3.99. The largest absolute Gasteiger partial charge is 0.497 e. The highest BCUT2D eigenvalue weighted by Gasteiger charge is 1.96. The fourth-order valence-electron chi connectivity index (χ4n) is 1.96. The van der Waals surface area contributed by atoms with Crippen molar-refractivity contribution < 1.29 is 4.74 Å². The van der Waals surface area contributed by atoms with Crippen LogP contribution in [-0.2, 0) is 0 Å². The fourth-order valence-corrected chi connectivity index (χ4v) is 1.96. The minimum Gasteiger partial charge on any atom is -0.497 e. The van der Waals surface area contributed by atoms with E-state index >= 15 is 0 Å². The number of fused-ring (bicyclic) bond motifs is 1. The van der Waals surface area contributed by atoms with Crippen molar-refractivity contribution >= 4 is 22.8 Å². The highest BCUT2D eigenvalue weighted by Crippen LogP contribution is 2.17. The quantitative estimate of drug-likeness (QED) is 0.669. The fraction of sp³-hybridized carbons (Fsp3) is 0.0588. The van der Waals surface area contributed by atoms with E-state index in [0.717, 1.165) is 28.0 Å². The number of ether oxygens (including phenoxy) is 1. The lowest BCUT2D eigenvalue weighted by Gasteiger charge is -2.00. The third kappa shape index (κ3) is 2.67. The number of nitrogens with zero attached hydrogens (tertiary/aromatic N) is 2. The summed E-state index contributed by atoms with van der Waals surface area (Å²) >= 11 is 0. The van der Waals surface area contributed by atoms with E-state index in [9.17, 15) is 0 Å². The molecule has 0 aliphatic heterocycles. The van der Waals surface area contributed by atoms with Gasteiger partial charge in [0, 0.05) is 5.39 Å². The number of benzene rings is 2. The Morgan fingerprint density at radius 3 is 2.55 bits per heavy atom. The SMILES string of the molecule is COc1ccc(N=Cc2ccc3ccccc3n2)cc1. The molecule has 0 N–H and O–H groups in total. The maximum atomic E-state index is 5.12. The first-order valence-corrected chi connectivity index (χ1v) is 6.39. The minimum absolute atomic E-state index is 0.827. The molecular weight excluding hydrogens is 248 g/mol. The number of pyridine rings is 1. The lowest BCUT2D eigenvalue weighted by molar-refractivity contribution is 0.415. The van der Waals surface area contributed by atoms with Gasteiger partial charge in [0.25, 0.3) is 0 Å². The van der Waals surface area contributed by atoms with Crippen molar-refractivity contribution in [2.45, 2.75) is 0 Å². The number of aliphatic imine (C=N–C) groups is 1. The van der Waals surface area contributed by atoms with E-state index in [-0.39, 0.29) is 0 Å². The van der Waals surface area contributed by atoms with Crippen LogP contribution in [0.5, 0.6) is 5.75 Å². The van der Waals surface area contributed by atoms with Crippen LogP contribution in [0.2, 0.25) is 0 Å². The minimum atomic E-state index is 0.827. The number of para-hydroxylation sites is 1. The molecule has 2 aromatic carbocycles. The second-order valence-corrected chi connectivity index (χ2v) is 4.39. The van der Waals surface area contributed by atoms with Gasteiger partial charge in [-0.05, 0) is 36.4 Å². The molecule has 0 spiro atoms. The maximum Gasteiger partial charge on any atom is 0.119 e. The lowest BCUT2D eigenvalue weighted by atomic mass is 10.2. The van der Waals surface area contributed by atoms with Gasteiger partial charge < -0.3 is 4.74 Å². The summed E-state index contributed by atoms with van der Waals surface area (Å²) in [5.41, 5.74) is 2.70. The molecule has 0 saturated heterocycles. The van der Waals surface area contributed by atoms with Crippen LogP contribution in [-0.4, -0.2) is 18.3 Å². The third-order valence-corrected chi connectivity index (χ3v) is 3.04. The van der Waals surface area contributed by atoms with Gasteiger partial charge in [-0.1, -0.05) is 24.3 Å². The van der Waals surface area contributed by atoms with Crippen molar-refractivity contribution in [1.29, 1.82) is 0 Å². The number of rotatable bonds is 3. The molecule has 3 rings (SSSR count). The predicted molar refractivity (Wildman–Crippen MR) is 82.0 cm³/mol. The molecule has 0 saturated carbocycles. The number of aromatic nitrogens is 1. The topological polar surface area (TPSA) is 34.5 Å². The standard InChI is InChI=1S/C17H14N2O/c1-20-16-10-8-14(9-11-16)18-12-15-7-6-13-4-2-3-5-17(13)19-15/h2-12H,1H3. The highest BCUT2D eigenvalue weighted by atomic mass is 16.5. The first kappa shape index (κ1) is 12.4. The van der Waals surface area contributed by atoms with Crippen LogP contribution in [0.4, 0.5) is 5.69 Å². The van der Waals surface area contributed by atoms with Crippen LogP contribution in [0.1, 0.15) is 5.69 Å². The summed E-state index contributed by atoms with van der Waals surface area (Å²) in [7, 11) is 1.65. The van der Waals surface area contributed by atoms with Gasteiger partial charge in [-0.15, -0.1) is 0 Å². The average Bonchev–Trinajstić information content (AvgIpc) is 2.53. The summed E-state index contributed by atoms with van der Waals surface area (Å²) in [6.45, 7) is 0. The van der Waals surface area contributed by atoms with Gasteiger partial charge in [-0.25, -0.2) is 4.98 Å². The summed E-state index contributed by atoms with van der Waals surface area (Å²) in [4.78, 5) is 8.97. The summed E-state index contributed by atoms with van der Waals surface area (Å²) in [6.07, 6.45) is 1.77. The van der Waals surface area contributed by atoms with E-state index in [4.69, 9.17) is 4.74 Å². The number of hydrogen-bond donors (Lipinski definition) is 0. The Labute approximate surface area is 117 Å². The van der Waals surface area contributed by atoms with Crippen LogP contribution < -0.4 is 4.74 Å². The van der Waals surface area contributed by atoms with Crippen molar-refractivity contribution in [2.24, 2.45) is 4.99 Å². The van der Waals surface area contributed by atoms with Crippen molar-refractivity contribution in [3.63, 3.8) is 0 Å². The highest BCUT2D eigenvalue weighted by molar-refractivity contribution is 5.86. The van der Waals surface area contributed by atoms with Gasteiger partial charge in [-0.3, -0.25) is 4.99 Å². The molecule has 20 heavy (non-hydrogen) atoms. The first-order valence-electron chi connectivity index (χ1n) is 6.39. The Bertz CT molecular complexity index is 748. The first-order chi connectivity index (χ1) is 9.85. The second-order valence-electron chi connectivity index (χ2n) is 4.39. The van der Waals surface area contributed by atoms with E-state index < -0.39 is 0 Å². The monoisotopic (exact) mass is 262 g/mol. The van der Waals surface area contributed by atoms with E-state index in [1.807, 2.05) is 54.6 Å². The van der Waals surface area contributed by atoms with Gasteiger partial charge >= 0.3 is 0 Å². The molecule has 98 valence electrons. The second kappa shape index (κ2) is 5.53. The van der Waals surface area contributed by atoms with Crippen molar-refractivity contribution in [3.05, 3.63) is 66.4 Å². The molecule has 0 aliphatic rings. The zero-order valence-corrected chi connectivity index (χ0v) is 11.2. The molecule has 0 amide bonds. The Balaban J connectivity index is 1.85. The van der Waals surface area contributed by atoms with Crippen LogP contribution >= 0.6 is 0 Å². The smallest absolute Gasteiger partial charge is 0.119 e. The van der Waals surface area contributed by atoms with Gasteiger partial charge in [0.05, 0.1) is 30.2 Å². The Morgan fingerprint density at radius 2 is 1.75 bits per heavy atom. The van der Waals surface area contributed by atoms with Gasteiger partial charge in [0.15, 0.2) is 0 Å². The van der Waals surface area contributed by atoms with Crippen LogP contribution in [0.25, 0.3) is 10.9 Å². The zero-order valence-electron chi connectivity index (χ0n) is 11.2. The molecule has 0 aliphatic carbocycles. The Kier molecular flexibility index (Phi) is 3.42. The molecule has 0 fully saturated rings. The Hall–Kier alpha value is -2.68. The molecule has 3 aromatic rings. The maximum absolute atomic E-state index is 5.12. The zero-order chi connectivity index (χ0) is 13.8. The Morgan fingerprint density at radius 1 is 0.950 bits per heavy atom. The van der Waals surface area contributed by atoms with E-state index in [1.165, 1.54) is 0 Å². The molecule has 0 atom stereocenters. The third-order valence-electron chi connectivity index (χ3n) is 3.04. The van der Waals surface area contributed by atoms with Crippen LogP contribution in [0, 0.1) is 0 Å². The van der Waals surface area contributed by atoms with E-state index in [0.29, 0.717) is 0 Å². The van der Waals surface area contributed by atoms with Crippen molar-refractivity contribution in [2.75, 3.05) is 7.11 Å². The molecule has 1 heterocycles. The van der Waals surface area contributed by atoms with Gasteiger partial charge in [0.2, 0.25) is 0 Å². The van der Waals surface area contributed by atoms with Crippen LogP contribution in [0.3, 0.4) is 0 Å². The molecule has 1 aromatic heterocycles. The summed E-state index contributed by atoms with van der Waals surface area (Å²) in [6, 6.07) is 19.7. The summed E-state index contributed by atoms with van der Waals surface area (Å²) in [5, 5.41) is 1.13. The van der Waals surface area contributed by atoms with Crippen LogP contribution in [0.15, 0.2) is 65.7 Å². The van der Waals surface area contributed by atoms with Gasteiger partial charge in [-0.2, -0.15) is 0 Å². The van der Waals surface area contributed by atoms with E-state index in [1.54, 1.807) is 13.3 Å². The molecule has 3 nitrogen and oxygen atoms in total. The van der Waals surface area contributed by atoms with Crippen molar-refractivity contribution in [1.82, 2.24) is 4.98 Å².